The minimum Gasteiger partial charge on any atom is -0.494 e. The van der Waals surface area contributed by atoms with Crippen molar-refractivity contribution < 1.29 is 29.3 Å². The average Bonchev–Trinajstić information content (AvgIpc) is 3.61. The maximum atomic E-state index is 13.2. The fourth-order valence-corrected chi connectivity index (χ4v) is 6.02. The predicted octanol–water partition coefficient (Wildman–Crippen LogP) is 6.42. The number of rotatable bonds is 17. The Labute approximate surface area is 292 Å². The molecular formula is C38H46N4O6S. The van der Waals surface area contributed by atoms with Gasteiger partial charge in [0, 0.05) is 34.8 Å². The number of nitrogens with zero attached hydrogens (tertiary/aromatic N) is 2. The highest BCUT2D eigenvalue weighted by Gasteiger charge is 2.28. The van der Waals surface area contributed by atoms with Crippen LogP contribution in [0, 0.1) is 0 Å². The van der Waals surface area contributed by atoms with Crippen LogP contribution in [0.3, 0.4) is 0 Å². The van der Waals surface area contributed by atoms with Gasteiger partial charge >= 0.3 is 5.97 Å². The lowest BCUT2D eigenvalue weighted by molar-refractivity contribution is -0.143. The summed E-state index contributed by atoms with van der Waals surface area (Å²) >= 11 is 1.34. The zero-order chi connectivity index (χ0) is 35.4. The standard InChI is InChI=1S/C38H46N4O6S/c1-5-6-7-8-9-20-48-29-16-14-26(15-17-29)28-22-39-34(40-23-28)27-12-10-25(11-13-27)21-30(35(44)42-31(24-43)37(46)47)41-36(45)32-18-19-33(49-32)38(2,3)4/h10-19,22-23,30-31,43H,5-9,20-21,24H2,1-4H3,(H,41,45)(H,42,44)(H,46,47)/t30-,31?/m0/s1. The highest BCUT2D eigenvalue weighted by atomic mass is 32.1. The van der Waals surface area contributed by atoms with Gasteiger partial charge in [0.05, 0.1) is 18.1 Å². The van der Waals surface area contributed by atoms with Crippen molar-refractivity contribution in [1.29, 1.82) is 0 Å². The minimum absolute atomic E-state index is 0.0888. The summed E-state index contributed by atoms with van der Waals surface area (Å²) in [6, 6.07) is 16.2. The number of hydrogen-bond acceptors (Lipinski definition) is 8. The van der Waals surface area contributed by atoms with Gasteiger partial charge in [0.1, 0.15) is 17.8 Å². The third-order valence-electron chi connectivity index (χ3n) is 8.00. The number of carbonyl (C=O) groups excluding carboxylic acids is 2. The number of carboxylic acids is 1. The van der Waals surface area contributed by atoms with Gasteiger partial charge in [0.25, 0.3) is 5.91 Å². The Balaban J connectivity index is 1.41. The van der Waals surface area contributed by atoms with Crippen LogP contribution in [0.5, 0.6) is 5.75 Å². The van der Waals surface area contributed by atoms with Gasteiger partial charge in [-0.05, 0) is 47.2 Å². The third-order valence-corrected chi connectivity index (χ3v) is 9.51. The summed E-state index contributed by atoms with van der Waals surface area (Å²) in [5.74, 6) is -1.17. The van der Waals surface area contributed by atoms with Crippen LogP contribution in [0.15, 0.2) is 73.1 Å². The predicted molar refractivity (Wildman–Crippen MR) is 192 cm³/mol. The zero-order valence-corrected chi connectivity index (χ0v) is 29.4. The number of aliphatic hydroxyl groups is 1. The van der Waals surface area contributed by atoms with E-state index in [-0.39, 0.29) is 11.8 Å². The van der Waals surface area contributed by atoms with Crippen molar-refractivity contribution in [3.63, 3.8) is 0 Å². The number of aromatic nitrogens is 2. The molecule has 4 rings (SSSR count). The van der Waals surface area contributed by atoms with E-state index in [0.29, 0.717) is 17.3 Å². The van der Waals surface area contributed by atoms with Gasteiger partial charge in [0.2, 0.25) is 5.91 Å². The first-order valence-corrected chi connectivity index (χ1v) is 17.5. The molecule has 4 N–H and O–H groups in total. The molecule has 0 spiro atoms. The van der Waals surface area contributed by atoms with E-state index in [4.69, 9.17) is 4.74 Å². The normalized spacial score (nSPS) is 12.6. The van der Waals surface area contributed by atoms with Gasteiger partial charge in [-0.1, -0.05) is 89.8 Å². The molecule has 49 heavy (non-hydrogen) atoms. The summed E-state index contributed by atoms with van der Waals surface area (Å²) in [5.41, 5.74) is 3.20. The van der Waals surface area contributed by atoms with E-state index in [1.807, 2.05) is 75.4 Å². The quantitative estimate of drug-likeness (QED) is 0.0930. The van der Waals surface area contributed by atoms with Crippen LogP contribution in [0.1, 0.15) is 79.9 Å². The monoisotopic (exact) mass is 686 g/mol. The SMILES string of the molecule is CCCCCCCOc1ccc(-c2cnc(-c3ccc(C[C@H](NC(=O)c4ccc(C(C)(C)C)s4)C(=O)NC(CO)C(=O)O)cc3)nc2)cc1. The lowest BCUT2D eigenvalue weighted by Crippen LogP contribution is -2.53. The highest BCUT2D eigenvalue weighted by molar-refractivity contribution is 7.14. The first-order valence-electron chi connectivity index (χ1n) is 16.7. The van der Waals surface area contributed by atoms with E-state index >= 15 is 0 Å². The maximum Gasteiger partial charge on any atom is 0.328 e. The maximum absolute atomic E-state index is 13.2. The molecule has 0 aliphatic rings. The molecule has 0 saturated heterocycles. The molecule has 0 saturated carbocycles. The third kappa shape index (κ3) is 11.0. The molecule has 11 heteroatoms. The highest BCUT2D eigenvalue weighted by Crippen LogP contribution is 2.29. The van der Waals surface area contributed by atoms with Crippen molar-refractivity contribution in [2.45, 2.75) is 83.7 Å². The second-order valence-corrected chi connectivity index (χ2v) is 14.1. The van der Waals surface area contributed by atoms with E-state index in [2.05, 4.69) is 27.5 Å². The van der Waals surface area contributed by atoms with Crippen LogP contribution >= 0.6 is 11.3 Å². The lowest BCUT2D eigenvalue weighted by atomic mass is 9.95. The Hall–Kier alpha value is -4.61. The van der Waals surface area contributed by atoms with E-state index in [0.717, 1.165) is 39.3 Å². The molecule has 2 aromatic carbocycles. The van der Waals surface area contributed by atoms with Crippen LogP contribution < -0.4 is 15.4 Å². The number of thiophene rings is 1. The number of hydrogen-bond donors (Lipinski definition) is 4. The smallest absolute Gasteiger partial charge is 0.328 e. The Morgan fingerprint density at radius 2 is 1.47 bits per heavy atom. The zero-order valence-electron chi connectivity index (χ0n) is 28.6. The number of benzene rings is 2. The summed E-state index contributed by atoms with van der Waals surface area (Å²) in [5, 5.41) is 23.9. The van der Waals surface area contributed by atoms with Crippen molar-refractivity contribution in [2.24, 2.45) is 0 Å². The lowest BCUT2D eigenvalue weighted by Gasteiger charge is -2.21. The molecule has 0 aliphatic heterocycles. The largest absolute Gasteiger partial charge is 0.494 e. The molecule has 0 radical (unpaired) electrons. The Bertz CT molecular complexity index is 1660. The molecule has 2 atom stereocenters. The van der Waals surface area contributed by atoms with E-state index in [1.165, 1.54) is 37.0 Å². The van der Waals surface area contributed by atoms with E-state index < -0.39 is 36.5 Å². The van der Waals surface area contributed by atoms with Crippen LogP contribution in [0.2, 0.25) is 0 Å². The molecule has 2 heterocycles. The molecule has 10 nitrogen and oxygen atoms in total. The Morgan fingerprint density at radius 3 is 2.06 bits per heavy atom. The fraction of sp³-hybridized carbons (Fsp3) is 0.395. The first kappa shape index (κ1) is 37.2. The Kier molecular flexibility index (Phi) is 13.4. The second kappa shape index (κ2) is 17.7. The topological polar surface area (TPSA) is 151 Å². The number of unbranched alkanes of at least 4 members (excludes halogenated alkanes) is 4. The van der Waals surface area contributed by atoms with Crippen molar-refractivity contribution >= 4 is 29.1 Å². The number of amides is 2. The van der Waals surface area contributed by atoms with Gasteiger partial charge in [0.15, 0.2) is 5.82 Å². The molecule has 2 aromatic heterocycles. The van der Waals surface area contributed by atoms with Crippen LogP contribution in [0.25, 0.3) is 22.5 Å². The molecule has 0 fully saturated rings. The number of nitrogens with one attached hydrogen (secondary N) is 2. The van der Waals surface area contributed by atoms with Gasteiger partial charge in [-0.2, -0.15) is 0 Å². The summed E-state index contributed by atoms with van der Waals surface area (Å²) in [6.07, 6.45) is 9.60. The summed E-state index contributed by atoms with van der Waals surface area (Å²) in [4.78, 5) is 48.4. The number of ether oxygens (including phenoxy) is 1. The van der Waals surface area contributed by atoms with Crippen molar-refractivity contribution in [2.75, 3.05) is 13.2 Å². The fourth-order valence-electron chi connectivity index (χ4n) is 5.05. The summed E-state index contributed by atoms with van der Waals surface area (Å²) in [6.45, 7) is 8.28. The van der Waals surface area contributed by atoms with Crippen molar-refractivity contribution in [3.05, 3.63) is 88.4 Å². The Morgan fingerprint density at radius 1 is 0.816 bits per heavy atom. The molecular weight excluding hydrogens is 641 g/mol. The molecule has 260 valence electrons. The minimum atomic E-state index is -1.50. The van der Waals surface area contributed by atoms with Crippen LogP contribution in [0.4, 0.5) is 0 Å². The number of aliphatic hydroxyl groups excluding tert-OH is 1. The van der Waals surface area contributed by atoms with E-state index in [1.54, 1.807) is 18.5 Å². The first-order chi connectivity index (χ1) is 23.5. The molecule has 2 amide bonds. The van der Waals surface area contributed by atoms with Crippen LogP contribution in [-0.2, 0) is 21.4 Å². The van der Waals surface area contributed by atoms with E-state index in [9.17, 15) is 24.6 Å². The van der Waals surface area contributed by atoms with Crippen molar-refractivity contribution in [1.82, 2.24) is 20.6 Å². The van der Waals surface area contributed by atoms with Gasteiger partial charge in [-0.15, -0.1) is 11.3 Å². The van der Waals surface area contributed by atoms with Crippen molar-refractivity contribution in [3.8, 4) is 28.3 Å². The van der Waals surface area contributed by atoms with Crippen LogP contribution in [-0.4, -0.2) is 63.3 Å². The van der Waals surface area contributed by atoms with Gasteiger partial charge < -0.3 is 25.6 Å². The summed E-state index contributed by atoms with van der Waals surface area (Å²) < 4.78 is 5.88. The molecule has 1 unspecified atom stereocenters. The molecule has 0 bridgehead atoms. The second-order valence-electron chi connectivity index (χ2n) is 13.0. The summed E-state index contributed by atoms with van der Waals surface area (Å²) in [7, 11) is 0. The van der Waals surface area contributed by atoms with Gasteiger partial charge in [-0.3, -0.25) is 9.59 Å². The molecule has 4 aromatic rings. The average molecular weight is 687 g/mol. The number of carboxylic acid groups (broad SMARTS) is 1. The molecule has 0 aliphatic carbocycles. The number of carbonyl (C=O) groups is 3. The van der Waals surface area contributed by atoms with Gasteiger partial charge in [-0.25, -0.2) is 14.8 Å². The number of aliphatic carboxylic acids is 1.